The van der Waals surface area contributed by atoms with Crippen molar-refractivity contribution in [1.29, 1.82) is 0 Å². The molecule has 0 atom stereocenters. The van der Waals surface area contributed by atoms with Gasteiger partial charge in [0.2, 0.25) is 5.91 Å². The lowest BCUT2D eigenvalue weighted by Gasteiger charge is -2.22. The zero-order valence-electron chi connectivity index (χ0n) is 14.9. The fraction of sp³-hybridized carbons (Fsp3) is 0.316. The molecule has 3 rings (SSSR count). The zero-order chi connectivity index (χ0) is 19.4. The lowest BCUT2D eigenvalue weighted by Crippen LogP contribution is -2.37. The molecule has 0 unspecified atom stereocenters. The Kier molecular flexibility index (Phi) is 5.95. The third-order valence-electron chi connectivity index (χ3n) is 4.28. The van der Waals surface area contributed by atoms with Crippen molar-refractivity contribution >= 4 is 39.3 Å². The van der Waals surface area contributed by atoms with Crippen LogP contribution in [-0.2, 0) is 4.79 Å². The first-order chi connectivity index (χ1) is 12.9. The first-order valence-electron chi connectivity index (χ1n) is 8.65. The number of hydrogen-bond donors (Lipinski definition) is 1. The normalized spacial score (nSPS) is 14.6. The molecular weight excluding hydrogens is 414 g/mol. The summed E-state index contributed by atoms with van der Waals surface area (Å²) in [7, 11) is 0. The maximum Gasteiger partial charge on any atom is 0.289 e. The van der Waals surface area contributed by atoms with Gasteiger partial charge in [-0.2, -0.15) is 0 Å². The van der Waals surface area contributed by atoms with Gasteiger partial charge in [-0.25, -0.2) is 0 Å². The highest BCUT2D eigenvalue weighted by molar-refractivity contribution is 9.10. The Bertz CT molecular complexity index is 864. The Morgan fingerprint density at radius 2 is 1.70 bits per heavy atom. The van der Waals surface area contributed by atoms with Gasteiger partial charge in [0.05, 0.1) is 0 Å². The number of furan rings is 1. The summed E-state index contributed by atoms with van der Waals surface area (Å²) in [6.45, 7) is 3.43. The molecule has 27 heavy (non-hydrogen) atoms. The molecule has 142 valence electrons. The number of hydrogen-bond acceptors (Lipinski definition) is 4. The zero-order valence-corrected chi connectivity index (χ0v) is 16.5. The molecule has 3 amide bonds. The fourth-order valence-corrected chi connectivity index (χ4v) is 3.33. The third kappa shape index (κ3) is 4.77. The molecule has 0 radical (unpaired) electrons. The third-order valence-corrected chi connectivity index (χ3v) is 4.71. The average molecular weight is 434 g/mol. The number of halogens is 1. The molecule has 7 nitrogen and oxygen atoms in total. The summed E-state index contributed by atoms with van der Waals surface area (Å²) in [5.74, 6) is -0.197. The summed E-state index contributed by atoms with van der Waals surface area (Å²) in [5.41, 5.74) is 1.10. The second kappa shape index (κ2) is 8.39. The van der Waals surface area contributed by atoms with E-state index >= 15 is 0 Å². The van der Waals surface area contributed by atoms with Crippen LogP contribution in [0.15, 0.2) is 45.5 Å². The molecule has 1 aromatic heterocycles. The Morgan fingerprint density at radius 1 is 1.00 bits per heavy atom. The first kappa shape index (κ1) is 19.2. The minimum absolute atomic E-state index is 0.114. The van der Waals surface area contributed by atoms with Gasteiger partial charge in [-0.3, -0.25) is 14.4 Å². The van der Waals surface area contributed by atoms with Crippen molar-refractivity contribution < 1.29 is 18.8 Å². The number of amides is 3. The minimum atomic E-state index is -0.187. The molecule has 1 aliphatic heterocycles. The summed E-state index contributed by atoms with van der Waals surface area (Å²) >= 11 is 3.20. The Balaban J connectivity index is 1.66. The van der Waals surface area contributed by atoms with E-state index in [9.17, 15) is 14.4 Å². The van der Waals surface area contributed by atoms with Crippen molar-refractivity contribution in [3.63, 3.8) is 0 Å². The summed E-state index contributed by atoms with van der Waals surface area (Å²) in [6, 6.07) is 10.2. The number of rotatable bonds is 3. The van der Waals surface area contributed by atoms with Gasteiger partial charge in [-0.05, 0) is 52.7 Å². The van der Waals surface area contributed by atoms with E-state index in [1.807, 2.05) is 0 Å². The number of benzene rings is 1. The van der Waals surface area contributed by atoms with Gasteiger partial charge in [-0.15, -0.1) is 0 Å². The number of nitrogens with one attached hydrogen (secondary N) is 1. The number of carbonyl (C=O) groups is 3. The molecule has 1 aromatic carbocycles. The van der Waals surface area contributed by atoms with Crippen LogP contribution < -0.4 is 5.32 Å². The fourth-order valence-electron chi connectivity index (χ4n) is 3.02. The monoisotopic (exact) mass is 433 g/mol. The molecular formula is C19H20BrN3O4. The van der Waals surface area contributed by atoms with Crippen molar-refractivity contribution in [2.75, 3.05) is 31.5 Å². The van der Waals surface area contributed by atoms with Crippen LogP contribution in [0.4, 0.5) is 5.69 Å². The van der Waals surface area contributed by atoms with Crippen LogP contribution in [-0.4, -0.2) is 53.7 Å². The molecule has 0 bridgehead atoms. The quantitative estimate of drug-likeness (QED) is 0.806. The van der Waals surface area contributed by atoms with E-state index in [1.54, 1.807) is 46.2 Å². The summed E-state index contributed by atoms with van der Waals surface area (Å²) in [6.07, 6.45) is 0.685. The summed E-state index contributed by atoms with van der Waals surface area (Å²) in [5, 5.41) is 2.68. The molecule has 2 heterocycles. The Morgan fingerprint density at radius 3 is 2.33 bits per heavy atom. The predicted octanol–water partition coefficient (Wildman–Crippen LogP) is 2.99. The van der Waals surface area contributed by atoms with Gasteiger partial charge >= 0.3 is 0 Å². The average Bonchev–Trinajstić information content (AvgIpc) is 2.92. The van der Waals surface area contributed by atoms with Gasteiger partial charge in [0, 0.05) is 44.4 Å². The van der Waals surface area contributed by atoms with E-state index in [2.05, 4.69) is 21.2 Å². The SMILES string of the molecule is CC(=O)Nc1cccc(C(=O)N2CCCN(C(=O)c3ccc(Br)o3)CC2)c1. The van der Waals surface area contributed by atoms with Crippen LogP contribution in [0.5, 0.6) is 0 Å². The van der Waals surface area contributed by atoms with Gasteiger partial charge in [0.15, 0.2) is 10.4 Å². The van der Waals surface area contributed by atoms with E-state index < -0.39 is 0 Å². The van der Waals surface area contributed by atoms with Crippen LogP contribution in [0.1, 0.15) is 34.3 Å². The molecule has 1 N–H and O–H groups in total. The maximum atomic E-state index is 12.8. The second-order valence-corrected chi connectivity index (χ2v) is 7.09. The molecule has 1 fully saturated rings. The van der Waals surface area contributed by atoms with Crippen molar-refractivity contribution in [3.8, 4) is 0 Å². The summed E-state index contributed by atoms with van der Waals surface area (Å²) < 4.78 is 5.85. The van der Waals surface area contributed by atoms with Gasteiger partial charge in [-0.1, -0.05) is 6.07 Å². The smallest absolute Gasteiger partial charge is 0.289 e. The van der Waals surface area contributed by atoms with Gasteiger partial charge < -0.3 is 19.5 Å². The largest absolute Gasteiger partial charge is 0.444 e. The van der Waals surface area contributed by atoms with E-state index in [-0.39, 0.29) is 23.5 Å². The molecule has 1 saturated heterocycles. The number of anilines is 1. The molecule has 2 aromatic rings. The lowest BCUT2D eigenvalue weighted by atomic mass is 10.1. The van der Waals surface area contributed by atoms with E-state index in [0.29, 0.717) is 48.5 Å². The van der Waals surface area contributed by atoms with Crippen LogP contribution in [0.2, 0.25) is 0 Å². The van der Waals surface area contributed by atoms with Crippen LogP contribution in [0.25, 0.3) is 0 Å². The highest BCUT2D eigenvalue weighted by Crippen LogP contribution is 2.18. The van der Waals surface area contributed by atoms with E-state index in [0.717, 1.165) is 0 Å². The second-order valence-electron chi connectivity index (χ2n) is 6.30. The topological polar surface area (TPSA) is 82.9 Å². The van der Waals surface area contributed by atoms with E-state index in [4.69, 9.17) is 4.42 Å². The van der Waals surface area contributed by atoms with Crippen LogP contribution in [0.3, 0.4) is 0 Å². The minimum Gasteiger partial charge on any atom is -0.444 e. The number of carbonyl (C=O) groups excluding carboxylic acids is 3. The molecule has 8 heteroatoms. The molecule has 0 spiro atoms. The lowest BCUT2D eigenvalue weighted by molar-refractivity contribution is -0.114. The standard InChI is InChI=1S/C19H20BrN3O4/c1-13(24)21-15-5-2-4-14(12-15)18(25)22-8-3-9-23(11-10-22)19(26)16-6-7-17(20)27-16/h2,4-7,12H,3,8-11H2,1H3,(H,21,24). The summed E-state index contributed by atoms with van der Waals surface area (Å²) in [4.78, 5) is 40.0. The van der Waals surface area contributed by atoms with Crippen LogP contribution >= 0.6 is 15.9 Å². The molecule has 0 aliphatic carbocycles. The van der Waals surface area contributed by atoms with E-state index in [1.165, 1.54) is 6.92 Å². The highest BCUT2D eigenvalue weighted by Gasteiger charge is 2.25. The Labute approximate surface area is 165 Å². The predicted molar refractivity (Wildman–Crippen MR) is 104 cm³/mol. The highest BCUT2D eigenvalue weighted by atomic mass is 79.9. The van der Waals surface area contributed by atoms with Crippen LogP contribution in [0, 0.1) is 0 Å². The van der Waals surface area contributed by atoms with Gasteiger partial charge in [0.25, 0.3) is 11.8 Å². The maximum absolute atomic E-state index is 12.8. The number of nitrogens with zero attached hydrogens (tertiary/aromatic N) is 2. The molecule has 1 aliphatic rings. The molecule has 0 saturated carbocycles. The van der Waals surface area contributed by atoms with Crippen molar-refractivity contribution in [1.82, 2.24) is 9.80 Å². The van der Waals surface area contributed by atoms with Crippen molar-refractivity contribution in [3.05, 3.63) is 52.4 Å². The van der Waals surface area contributed by atoms with Crippen molar-refractivity contribution in [2.24, 2.45) is 0 Å². The van der Waals surface area contributed by atoms with Gasteiger partial charge in [0.1, 0.15) is 0 Å². The first-order valence-corrected chi connectivity index (χ1v) is 9.45. The Hall–Kier alpha value is -2.61. The van der Waals surface area contributed by atoms with Crippen molar-refractivity contribution in [2.45, 2.75) is 13.3 Å².